The Bertz CT molecular complexity index is 1130. The number of rotatable bonds is 3. The molecule has 1 heterocycles. The van der Waals surface area contributed by atoms with Gasteiger partial charge in [-0.25, -0.2) is 0 Å². The van der Waals surface area contributed by atoms with Crippen LogP contribution in [-0.4, -0.2) is 21.5 Å². The van der Waals surface area contributed by atoms with Crippen molar-refractivity contribution in [2.45, 2.75) is 38.6 Å². The molecule has 0 unspecified atom stereocenters. The molecule has 0 bridgehead atoms. The van der Waals surface area contributed by atoms with Crippen LogP contribution in [-0.2, 0) is 0 Å². The second-order valence-corrected chi connectivity index (χ2v) is 7.89. The van der Waals surface area contributed by atoms with Gasteiger partial charge in [0.2, 0.25) is 0 Å². The van der Waals surface area contributed by atoms with E-state index in [1.165, 1.54) is 11.0 Å². The molecule has 1 saturated carbocycles. The number of benzene rings is 2. The van der Waals surface area contributed by atoms with Crippen LogP contribution in [0.15, 0.2) is 53.3 Å². The second-order valence-electron chi connectivity index (χ2n) is 7.50. The van der Waals surface area contributed by atoms with Crippen molar-refractivity contribution in [3.63, 3.8) is 0 Å². The number of hydrogen-bond acceptors (Lipinski definition) is 3. The lowest BCUT2D eigenvalue weighted by atomic mass is 9.86. The minimum Gasteiger partial charge on any atom is -0.349 e. The van der Waals surface area contributed by atoms with Crippen LogP contribution in [0.25, 0.3) is 16.6 Å². The molecule has 144 valence electrons. The number of nitrogens with zero attached hydrogens (tertiary/aromatic N) is 1. The molecular weight excluding hydrogens is 370 g/mol. The zero-order chi connectivity index (χ0) is 19.7. The van der Waals surface area contributed by atoms with E-state index in [4.69, 9.17) is 12.2 Å². The summed E-state index contributed by atoms with van der Waals surface area (Å²) >= 11 is 5.38. The van der Waals surface area contributed by atoms with Crippen LogP contribution in [0.2, 0.25) is 0 Å². The third-order valence-electron chi connectivity index (χ3n) is 5.62. The molecule has 28 heavy (non-hydrogen) atoms. The second kappa shape index (κ2) is 7.72. The highest BCUT2D eigenvalue weighted by atomic mass is 32.1. The highest BCUT2D eigenvalue weighted by molar-refractivity contribution is 7.71. The van der Waals surface area contributed by atoms with Gasteiger partial charge in [-0.05, 0) is 67.4 Å². The zero-order valence-electron chi connectivity index (χ0n) is 15.8. The van der Waals surface area contributed by atoms with Crippen molar-refractivity contribution in [2.24, 2.45) is 5.92 Å². The number of carbonyl (C=O) groups is 1. The first-order valence-electron chi connectivity index (χ1n) is 9.70. The summed E-state index contributed by atoms with van der Waals surface area (Å²) in [6.07, 6.45) is 4.60. The Morgan fingerprint density at radius 3 is 2.57 bits per heavy atom. The largest absolute Gasteiger partial charge is 0.349 e. The van der Waals surface area contributed by atoms with Gasteiger partial charge >= 0.3 is 0 Å². The maximum Gasteiger partial charge on any atom is 0.266 e. The van der Waals surface area contributed by atoms with Gasteiger partial charge in [0.15, 0.2) is 4.77 Å². The van der Waals surface area contributed by atoms with E-state index in [9.17, 15) is 9.59 Å². The monoisotopic (exact) mass is 393 g/mol. The summed E-state index contributed by atoms with van der Waals surface area (Å²) in [4.78, 5) is 28.6. The molecule has 6 heteroatoms. The Kier molecular flexibility index (Phi) is 5.13. The van der Waals surface area contributed by atoms with Crippen LogP contribution in [0.5, 0.6) is 0 Å². The van der Waals surface area contributed by atoms with Crippen molar-refractivity contribution in [1.29, 1.82) is 0 Å². The molecule has 1 aromatic heterocycles. The van der Waals surface area contributed by atoms with Gasteiger partial charge in [0.25, 0.3) is 11.5 Å². The third kappa shape index (κ3) is 3.52. The number of carbonyl (C=O) groups excluding carboxylic acids is 1. The van der Waals surface area contributed by atoms with Gasteiger partial charge in [-0.3, -0.25) is 14.2 Å². The molecule has 2 N–H and O–H groups in total. The number of hydrogen-bond donors (Lipinski definition) is 2. The van der Waals surface area contributed by atoms with Crippen LogP contribution in [0.4, 0.5) is 0 Å². The van der Waals surface area contributed by atoms with Gasteiger partial charge < -0.3 is 10.3 Å². The van der Waals surface area contributed by atoms with E-state index in [0.717, 1.165) is 19.3 Å². The first kappa shape index (κ1) is 18.6. The Balaban J connectivity index is 1.62. The van der Waals surface area contributed by atoms with E-state index in [1.807, 2.05) is 18.2 Å². The van der Waals surface area contributed by atoms with Crippen molar-refractivity contribution in [3.8, 4) is 5.69 Å². The summed E-state index contributed by atoms with van der Waals surface area (Å²) in [6.45, 7) is 2.20. The number of H-pyrrole nitrogens is 1. The molecule has 1 amide bonds. The van der Waals surface area contributed by atoms with Crippen molar-refractivity contribution < 1.29 is 4.79 Å². The van der Waals surface area contributed by atoms with Crippen LogP contribution in [0.3, 0.4) is 0 Å². The van der Waals surface area contributed by atoms with Crippen LogP contribution in [0, 0.1) is 10.7 Å². The topological polar surface area (TPSA) is 66.9 Å². The lowest BCUT2D eigenvalue weighted by Gasteiger charge is -2.29. The summed E-state index contributed by atoms with van der Waals surface area (Å²) in [5, 5.41) is 3.73. The highest BCUT2D eigenvalue weighted by Crippen LogP contribution is 2.24. The summed E-state index contributed by atoms with van der Waals surface area (Å²) in [7, 11) is 0. The fourth-order valence-electron chi connectivity index (χ4n) is 3.94. The van der Waals surface area contributed by atoms with Gasteiger partial charge in [-0.2, -0.15) is 0 Å². The molecule has 2 aromatic carbocycles. The van der Waals surface area contributed by atoms with Gasteiger partial charge in [0, 0.05) is 11.6 Å². The van der Waals surface area contributed by atoms with E-state index in [1.54, 1.807) is 30.3 Å². The standard InChI is InChI=1S/C22H23N3O2S/c1-14-6-2-4-8-18(14)23-20(26)15-10-12-16(13-11-15)25-21(27)17-7-3-5-9-19(17)24-22(25)28/h3,5,7,9-14,18H,2,4,6,8H2,1H3,(H,23,26)(H,24,28)/t14-,18-/m0/s1. The smallest absolute Gasteiger partial charge is 0.266 e. The van der Waals surface area contributed by atoms with Crippen LogP contribution in [0.1, 0.15) is 43.0 Å². The Morgan fingerprint density at radius 1 is 1.11 bits per heavy atom. The Labute approximate surface area is 168 Å². The fraction of sp³-hybridized carbons (Fsp3) is 0.318. The third-order valence-corrected chi connectivity index (χ3v) is 5.91. The van der Waals surface area contributed by atoms with Crippen LogP contribution < -0.4 is 10.9 Å². The van der Waals surface area contributed by atoms with E-state index < -0.39 is 0 Å². The lowest BCUT2D eigenvalue weighted by molar-refractivity contribution is 0.0910. The highest BCUT2D eigenvalue weighted by Gasteiger charge is 2.23. The molecule has 5 nitrogen and oxygen atoms in total. The van der Waals surface area contributed by atoms with Crippen molar-refractivity contribution in [3.05, 3.63) is 69.2 Å². The first-order valence-corrected chi connectivity index (χ1v) is 10.1. The van der Waals surface area contributed by atoms with E-state index in [-0.39, 0.29) is 17.5 Å². The molecule has 2 atom stereocenters. The van der Waals surface area contributed by atoms with Crippen LogP contribution >= 0.6 is 12.2 Å². The Morgan fingerprint density at radius 2 is 1.82 bits per heavy atom. The summed E-state index contributed by atoms with van der Waals surface area (Å²) in [5.74, 6) is 0.438. The van der Waals surface area contributed by atoms with Gasteiger partial charge in [0.1, 0.15) is 0 Å². The predicted molar refractivity (Wildman–Crippen MR) is 114 cm³/mol. The van der Waals surface area contributed by atoms with Gasteiger partial charge in [-0.15, -0.1) is 0 Å². The quantitative estimate of drug-likeness (QED) is 0.650. The summed E-state index contributed by atoms with van der Waals surface area (Å²) in [5.41, 5.74) is 1.77. The van der Waals surface area contributed by atoms with E-state index >= 15 is 0 Å². The molecular formula is C22H23N3O2S. The SMILES string of the molecule is C[C@H]1CCCC[C@@H]1NC(=O)c1ccc(-n2c(=S)[nH]c3ccccc3c2=O)cc1. The lowest BCUT2D eigenvalue weighted by Crippen LogP contribution is -2.41. The van der Waals surface area contributed by atoms with Gasteiger partial charge in [0.05, 0.1) is 16.6 Å². The zero-order valence-corrected chi connectivity index (χ0v) is 16.6. The maximum absolute atomic E-state index is 12.9. The van der Waals surface area contributed by atoms with Gasteiger partial charge in [-0.1, -0.05) is 31.9 Å². The molecule has 1 aliphatic rings. The molecule has 0 radical (unpaired) electrons. The van der Waals surface area contributed by atoms with E-state index in [2.05, 4.69) is 17.2 Å². The van der Waals surface area contributed by atoms with Crippen molar-refractivity contribution >= 4 is 29.0 Å². The minimum absolute atomic E-state index is 0.0682. The average Bonchev–Trinajstić information content (AvgIpc) is 2.70. The summed E-state index contributed by atoms with van der Waals surface area (Å²) in [6, 6.07) is 14.5. The molecule has 0 aliphatic heterocycles. The normalized spacial score (nSPS) is 19.5. The van der Waals surface area contributed by atoms with E-state index in [0.29, 0.717) is 32.8 Å². The van der Waals surface area contributed by atoms with Crippen molar-refractivity contribution in [1.82, 2.24) is 14.9 Å². The maximum atomic E-state index is 12.9. The average molecular weight is 394 g/mol. The predicted octanol–water partition coefficient (Wildman–Crippen LogP) is 4.36. The number of fused-ring (bicyclic) bond motifs is 1. The number of amides is 1. The molecule has 3 aromatic rings. The number of aromatic amines is 1. The fourth-order valence-corrected chi connectivity index (χ4v) is 4.24. The first-order chi connectivity index (χ1) is 13.5. The molecule has 0 spiro atoms. The van der Waals surface area contributed by atoms with Crippen molar-refractivity contribution in [2.75, 3.05) is 0 Å². The minimum atomic E-state index is -0.174. The molecule has 4 rings (SSSR count). The number of aromatic nitrogens is 2. The Hall–Kier alpha value is -2.73. The summed E-state index contributed by atoms with van der Waals surface area (Å²) < 4.78 is 1.79. The number of para-hydroxylation sites is 1. The number of nitrogens with one attached hydrogen (secondary N) is 2. The molecule has 1 aliphatic carbocycles. The molecule has 1 fully saturated rings. The molecule has 0 saturated heterocycles.